The van der Waals surface area contributed by atoms with Crippen molar-refractivity contribution in [3.63, 3.8) is 0 Å². The van der Waals surface area contributed by atoms with E-state index >= 15 is 0 Å². The van der Waals surface area contributed by atoms with Gasteiger partial charge in [0.25, 0.3) is 0 Å². The fourth-order valence-corrected chi connectivity index (χ4v) is 8.12. The average molecular weight is 392 g/mol. The van der Waals surface area contributed by atoms with Gasteiger partial charge in [-0.25, -0.2) is 0 Å². The quantitative estimate of drug-likeness (QED) is 0.352. The van der Waals surface area contributed by atoms with Crippen LogP contribution in [-0.4, -0.2) is 7.74 Å². The fourth-order valence-electron chi connectivity index (χ4n) is 2.78. The van der Waals surface area contributed by atoms with E-state index in [1.54, 1.807) is 24.6 Å². The first-order valence-corrected chi connectivity index (χ1v) is 14.8. The standard InChI is InChI=1S/C24H44PSi/c1-21(2,3)17-15-18(22(4,5)6)20(19(16-17)23(7,8)9)25-26(13,14)24(10,11)12/h15-16H,1-14H3/q-1. The third-order valence-corrected chi connectivity index (χ3v) is 15.1. The van der Waals surface area contributed by atoms with Crippen molar-refractivity contribution >= 4 is 21.2 Å². The molecule has 0 aliphatic heterocycles. The lowest BCUT2D eigenvalue weighted by molar-refractivity contribution is 0.554. The zero-order valence-electron chi connectivity index (χ0n) is 20.1. The summed E-state index contributed by atoms with van der Waals surface area (Å²) in [5.41, 5.74) is 5.08. The third kappa shape index (κ3) is 5.45. The molecule has 0 saturated heterocycles. The second kappa shape index (κ2) is 7.04. The van der Waals surface area contributed by atoms with Gasteiger partial charge in [-0.1, -0.05) is 132 Å². The van der Waals surface area contributed by atoms with Crippen molar-refractivity contribution in [1.82, 2.24) is 0 Å². The molecule has 0 fully saturated rings. The van der Waals surface area contributed by atoms with Gasteiger partial charge < -0.3 is 8.13 Å². The Morgan fingerprint density at radius 1 is 0.615 bits per heavy atom. The van der Waals surface area contributed by atoms with Gasteiger partial charge in [0.2, 0.25) is 0 Å². The van der Waals surface area contributed by atoms with Crippen molar-refractivity contribution in [1.29, 1.82) is 0 Å². The molecule has 150 valence electrons. The lowest BCUT2D eigenvalue weighted by Gasteiger charge is -2.52. The highest BCUT2D eigenvalue weighted by Crippen LogP contribution is 2.49. The molecule has 0 nitrogen and oxygen atoms in total. The van der Waals surface area contributed by atoms with Crippen LogP contribution in [0.5, 0.6) is 0 Å². The van der Waals surface area contributed by atoms with Crippen LogP contribution in [0.1, 0.15) is 99.8 Å². The monoisotopic (exact) mass is 391 g/mol. The van der Waals surface area contributed by atoms with Crippen LogP contribution in [0.2, 0.25) is 18.1 Å². The molecule has 0 bridgehead atoms. The first kappa shape index (κ1) is 23.9. The minimum absolute atomic E-state index is 0.159. The first-order valence-electron chi connectivity index (χ1n) is 10.1. The topological polar surface area (TPSA) is 0 Å². The highest BCUT2D eigenvalue weighted by Gasteiger charge is 2.30. The molecule has 0 heterocycles. The molecule has 0 atom stereocenters. The summed E-state index contributed by atoms with van der Waals surface area (Å²) in [7, 11) is 0.125. The summed E-state index contributed by atoms with van der Waals surface area (Å²) in [4.78, 5) is 0. The molecule has 0 aliphatic carbocycles. The minimum Gasteiger partial charge on any atom is -0.506 e. The molecule has 0 spiro atoms. The predicted molar refractivity (Wildman–Crippen MR) is 126 cm³/mol. The van der Waals surface area contributed by atoms with Crippen LogP contribution in [0.15, 0.2) is 12.1 Å². The highest BCUT2D eigenvalue weighted by molar-refractivity contribution is 7.87. The Bertz CT molecular complexity index is 606. The largest absolute Gasteiger partial charge is 0.506 e. The molecule has 26 heavy (non-hydrogen) atoms. The van der Waals surface area contributed by atoms with E-state index in [0.29, 0.717) is 5.04 Å². The molecule has 0 radical (unpaired) electrons. The maximum absolute atomic E-state index is 2.56. The van der Waals surface area contributed by atoms with E-state index in [0.717, 1.165) is 0 Å². The summed E-state index contributed by atoms with van der Waals surface area (Å²) >= 11 is 0. The number of benzene rings is 1. The van der Waals surface area contributed by atoms with Gasteiger partial charge in [0, 0.05) is 0 Å². The van der Waals surface area contributed by atoms with Crippen LogP contribution in [0.4, 0.5) is 0 Å². The van der Waals surface area contributed by atoms with Crippen LogP contribution in [0, 0.1) is 0 Å². The lowest BCUT2D eigenvalue weighted by Crippen LogP contribution is -2.38. The van der Waals surface area contributed by atoms with Crippen molar-refractivity contribution in [3.8, 4) is 0 Å². The van der Waals surface area contributed by atoms with Crippen LogP contribution in [-0.2, 0) is 16.2 Å². The molecule has 1 aromatic rings. The minimum atomic E-state index is -1.46. The summed E-state index contributed by atoms with van der Waals surface area (Å²) in [5.74, 6) is 0. The van der Waals surface area contributed by atoms with Crippen LogP contribution in [0.25, 0.3) is 0 Å². The Hall–Kier alpha value is -0.133. The Balaban J connectivity index is 3.86. The molecule has 0 aromatic heterocycles. The normalized spacial score (nSPS) is 15.2. The van der Waals surface area contributed by atoms with Crippen molar-refractivity contribution in [3.05, 3.63) is 28.8 Å². The van der Waals surface area contributed by atoms with E-state index in [1.165, 1.54) is 5.56 Å². The van der Waals surface area contributed by atoms with Crippen LogP contribution >= 0.6 is 8.13 Å². The van der Waals surface area contributed by atoms with Crippen molar-refractivity contribution < 1.29 is 0 Å². The first-order chi connectivity index (χ1) is 11.2. The van der Waals surface area contributed by atoms with E-state index in [-0.39, 0.29) is 16.2 Å². The summed E-state index contributed by atoms with van der Waals surface area (Å²) in [6.07, 6.45) is 0. The summed E-state index contributed by atoms with van der Waals surface area (Å²) in [5, 5.41) is 2.01. The average Bonchev–Trinajstić information content (AvgIpc) is 2.32. The van der Waals surface area contributed by atoms with Crippen molar-refractivity contribution in [2.75, 3.05) is 0 Å². The second-order valence-electron chi connectivity index (χ2n) is 12.6. The molecule has 2 heteroatoms. The fraction of sp³-hybridized carbons (Fsp3) is 0.750. The van der Waals surface area contributed by atoms with Gasteiger partial charge >= 0.3 is 0 Å². The molecular weight excluding hydrogens is 347 g/mol. The Morgan fingerprint density at radius 3 is 1.19 bits per heavy atom. The van der Waals surface area contributed by atoms with Crippen LogP contribution in [0.3, 0.4) is 0 Å². The van der Waals surface area contributed by atoms with E-state index < -0.39 is 7.74 Å². The molecule has 1 aromatic carbocycles. The maximum Gasteiger partial charge on any atom is -0.0132 e. The van der Waals surface area contributed by atoms with Gasteiger partial charge in [-0.05, 0) is 21.8 Å². The van der Waals surface area contributed by atoms with E-state index in [2.05, 4.69) is 108 Å². The SMILES string of the molecule is CC(C)(C)c1cc(C(C)(C)C)c([P-][Si](C)(C)C(C)(C)C)c(C(C)(C)C)c1. The van der Waals surface area contributed by atoms with Gasteiger partial charge in [-0.2, -0.15) is 5.30 Å². The van der Waals surface area contributed by atoms with Gasteiger partial charge in [0.15, 0.2) is 0 Å². The summed E-state index contributed by atoms with van der Waals surface area (Å²) in [6, 6.07) is 5.04. The van der Waals surface area contributed by atoms with E-state index in [1.807, 2.05) is 0 Å². The van der Waals surface area contributed by atoms with Gasteiger partial charge in [-0.15, -0.1) is 0 Å². The molecule has 0 saturated carbocycles. The smallest absolute Gasteiger partial charge is 0.0132 e. The van der Waals surface area contributed by atoms with Crippen molar-refractivity contribution in [2.45, 2.75) is 117 Å². The summed E-state index contributed by atoms with van der Waals surface area (Å²) in [6.45, 7) is 33.7. The zero-order chi connectivity index (χ0) is 20.9. The Labute approximate surface area is 167 Å². The molecule has 0 unspecified atom stereocenters. The van der Waals surface area contributed by atoms with Gasteiger partial charge in [-0.3, -0.25) is 0 Å². The van der Waals surface area contributed by atoms with Crippen molar-refractivity contribution in [2.24, 2.45) is 0 Å². The maximum atomic E-state index is 2.56. The number of hydrogen-bond donors (Lipinski definition) is 0. The number of rotatable bonds is 2. The summed E-state index contributed by atoms with van der Waals surface area (Å²) < 4.78 is 0. The molecular formula is C24H44PSi-. The number of hydrogen-bond acceptors (Lipinski definition) is 0. The zero-order valence-corrected chi connectivity index (χ0v) is 22.0. The van der Waals surface area contributed by atoms with E-state index in [9.17, 15) is 0 Å². The van der Waals surface area contributed by atoms with E-state index in [4.69, 9.17) is 0 Å². The molecule has 0 amide bonds. The third-order valence-electron chi connectivity index (χ3n) is 5.82. The molecule has 1 rings (SSSR count). The molecule has 0 N–H and O–H groups in total. The second-order valence-corrected chi connectivity index (χ2v) is 21.9. The predicted octanol–water partition coefficient (Wildman–Crippen LogP) is 8.16. The van der Waals surface area contributed by atoms with Gasteiger partial charge in [0.1, 0.15) is 0 Å². The lowest BCUT2D eigenvalue weighted by atomic mass is 9.75. The Morgan fingerprint density at radius 2 is 0.962 bits per heavy atom. The van der Waals surface area contributed by atoms with Crippen LogP contribution < -0.4 is 5.30 Å². The molecule has 0 aliphatic rings. The highest BCUT2D eigenvalue weighted by atomic mass is 31.3. The Kier molecular flexibility index (Phi) is 6.47. The van der Waals surface area contributed by atoms with Gasteiger partial charge in [0.05, 0.1) is 0 Å².